The molecule has 4 bridgehead atoms. The second kappa shape index (κ2) is 6.93. The Balaban J connectivity index is 1.57. The predicted molar refractivity (Wildman–Crippen MR) is 107 cm³/mol. The Labute approximate surface area is 190 Å². The number of halogens is 5. The normalized spacial score (nSPS) is 46.4. The monoisotopic (exact) mass is 478 g/mol. The van der Waals surface area contributed by atoms with Gasteiger partial charge in [0.2, 0.25) is 0 Å². The van der Waals surface area contributed by atoms with Crippen molar-refractivity contribution in [2.24, 2.45) is 41.4 Å². The molecule has 1 aliphatic heterocycles. The average molecular weight is 478 g/mol. The van der Waals surface area contributed by atoms with Crippen LogP contribution in [0.25, 0.3) is 0 Å². The highest BCUT2D eigenvalue weighted by molar-refractivity contribution is 5.70. The summed E-state index contributed by atoms with van der Waals surface area (Å²) in [6.45, 7) is 5.94. The molecule has 8 atom stereocenters. The quantitative estimate of drug-likeness (QED) is 0.220. The van der Waals surface area contributed by atoms with Crippen molar-refractivity contribution in [3.05, 3.63) is 12.2 Å². The number of carbonyl (C=O) groups excluding carboxylic acids is 1. The molecule has 0 N–H and O–H groups in total. The van der Waals surface area contributed by atoms with Crippen LogP contribution in [0.1, 0.15) is 59.8 Å². The minimum Gasteiger partial charge on any atom is -0.418 e. The summed E-state index contributed by atoms with van der Waals surface area (Å²) in [6.07, 6.45) is -0.648. The van der Waals surface area contributed by atoms with Gasteiger partial charge in [0.25, 0.3) is 0 Å². The second-order valence-corrected chi connectivity index (χ2v) is 11.5. The number of rotatable bonds is 4. The van der Waals surface area contributed by atoms with E-state index >= 15 is 8.78 Å². The van der Waals surface area contributed by atoms with Crippen molar-refractivity contribution < 1.29 is 41.0 Å². The summed E-state index contributed by atoms with van der Waals surface area (Å²) in [6, 6.07) is 0. The van der Waals surface area contributed by atoms with E-state index in [1.165, 1.54) is 13.8 Å². The molecule has 5 aliphatic rings. The number of carbonyl (C=O) groups is 1. The highest BCUT2D eigenvalue weighted by Crippen LogP contribution is 2.74. The molecule has 33 heavy (non-hydrogen) atoms. The molecule has 4 aliphatic carbocycles. The maximum Gasteiger partial charge on any atom is 0.462 e. The molecule has 1 spiro atoms. The fourth-order valence-corrected chi connectivity index (χ4v) is 7.72. The van der Waals surface area contributed by atoms with E-state index in [1.54, 1.807) is 13.8 Å². The van der Waals surface area contributed by atoms with Gasteiger partial charge in [0.15, 0.2) is 5.79 Å². The van der Waals surface area contributed by atoms with Crippen LogP contribution in [0, 0.1) is 41.4 Å². The first kappa shape index (κ1) is 23.5. The molecule has 4 nitrogen and oxygen atoms in total. The Morgan fingerprint density at radius 1 is 1.09 bits per heavy atom. The molecule has 1 heterocycles. The van der Waals surface area contributed by atoms with E-state index in [1.807, 2.05) is 6.08 Å². The zero-order valence-corrected chi connectivity index (χ0v) is 19.3. The lowest BCUT2D eigenvalue weighted by Gasteiger charge is -2.60. The van der Waals surface area contributed by atoms with Gasteiger partial charge in [-0.15, -0.1) is 0 Å². The highest BCUT2D eigenvalue weighted by Gasteiger charge is 2.89. The van der Waals surface area contributed by atoms with E-state index in [2.05, 4.69) is 10.8 Å². The zero-order chi connectivity index (χ0) is 24.2. The summed E-state index contributed by atoms with van der Waals surface area (Å²) < 4.78 is 91.8. The van der Waals surface area contributed by atoms with Gasteiger partial charge in [0.1, 0.15) is 5.60 Å². The van der Waals surface area contributed by atoms with E-state index in [-0.39, 0.29) is 42.4 Å². The van der Waals surface area contributed by atoms with Crippen LogP contribution in [-0.4, -0.2) is 35.2 Å². The lowest BCUT2D eigenvalue weighted by atomic mass is 9.63. The summed E-state index contributed by atoms with van der Waals surface area (Å²) in [5, 5.41) is 0. The smallest absolute Gasteiger partial charge is 0.418 e. The molecule has 0 radical (unpaired) electrons. The van der Waals surface area contributed by atoms with Crippen LogP contribution in [0.2, 0.25) is 0 Å². The average Bonchev–Trinajstić information content (AvgIpc) is 3.42. The van der Waals surface area contributed by atoms with Gasteiger partial charge in [0, 0.05) is 6.42 Å². The van der Waals surface area contributed by atoms with Crippen LogP contribution in [0.4, 0.5) is 22.0 Å². The van der Waals surface area contributed by atoms with Crippen LogP contribution in [-0.2, 0) is 19.0 Å². The lowest BCUT2D eigenvalue weighted by molar-refractivity contribution is -0.546. The number of fused-ring (bicyclic) bond motifs is 10. The highest BCUT2D eigenvalue weighted by atomic mass is 19.4. The fourth-order valence-electron chi connectivity index (χ4n) is 7.72. The topological polar surface area (TPSA) is 44.8 Å². The van der Waals surface area contributed by atoms with E-state index in [0.717, 1.165) is 6.42 Å². The Bertz CT molecular complexity index is 867. The number of ether oxygens (including phenoxy) is 3. The van der Waals surface area contributed by atoms with Gasteiger partial charge in [-0.3, -0.25) is 9.53 Å². The number of allylic oxidation sites excluding steroid dienone is 2. The van der Waals surface area contributed by atoms with Crippen molar-refractivity contribution in [3.8, 4) is 0 Å². The number of hydrogen-bond acceptors (Lipinski definition) is 4. The Morgan fingerprint density at radius 3 is 2.33 bits per heavy atom. The maximum absolute atomic E-state index is 16.4. The van der Waals surface area contributed by atoms with Crippen molar-refractivity contribution in [1.82, 2.24) is 0 Å². The molecule has 8 unspecified atom stereocenters. The summed E-state index contributed by atoms with van der Waals surface area (Å²) in [5.74, 6) is -12.9. The van der Waals surface area contributed by atoms with E-state index in [0.29, 0.717) is 12.3 Å². The zero-order valence-electron chi connectivity index (χ0n) is 19.3. The summed E-state index contributed by atoms with van der Waals surface area (Å²) >= 11 is 0. The van der Waals surface area contributed by atoms with Crippen molar-refractivity contribution in [2.45, 2.75) is 89.1 Å². The number of hydrogen-bond donors (Lipinski definition) is 0. The first-order chi connectivity index (χ1) is 15.1. The number of alkyl halides is 5. The third-order valence-corrected chi connectivity index (χ3v) is 8.63. The minimum absolute atomic E-state index is 0.00775. The Hall–Kier alpha value is -1.22. The van der Waals surface area contributed by atoms with E-state index in [4.69, 9.17) is 9.47 Å². The molecule has 0 aromatic carbocycles. The van der Waals surface area contributed by atoms with Crippen molar-refractivity contribution in [2.75, 3.05) is 0 Å². The van der Waals surface area contributed by atoms with Crippen LogP contribution in [0.3, 0.4) is 0 Å². The SMILES string of the molecule is CC(C)CCC(=O)OC1(C(F)(F)F)OC(C)(C)OC2(CC3CC2C2C4C=CC(C4)C32)C1(F)F. The largest absolute Gasteiger partial charge is 0.462 e. The first-order valence-electron chi connectivity index (χ1n) is 11.9. The fraction of sp³-hybridized carbons (Fsp3) is 0.875. The van der Waals surface area contributed by atoms with Gasteiger partial charge in [0.05, 0.1) is 0 Å². The van der Waals surface area contributed by atoms with Crippen LogP contribution >= 0.6 is 0 Å². The molecule has 186 valence electrons. The molecule has 0 aromatic rings. The Kier molecular flexibility index (Phi) is 4.94. The standard InChI is InChI=1S/C24H31F5O4/c1-12(2)5-8-17(30)31-23(24(27,28)29)22(25,26)21(32-20(3,4)33-23)11-15-10-16(21)19-14-7-6-13(9-14)18(15)19/h6-7,12-16,18-19H,5,8-11H2,1-4H3. The predicted octanol–water partition coefficient (Wildman–Crippen LogP) is 5.86. The molecule has 4 fully saturated rings. The van der Waals surface area contributed by atoms with Crippen molar-refractivity contribution in [1.29, 1.82) is 0 Å². The third-order valence-electron chi connectivity index (χ3n) is 8.63. The second-order valence-electron chi connectivity index (χ2n) is 11.5. The molecular weight excluding hydrogens is 447 g/mol. The van der Waals surface area contributed by atoms with Gasteiger partial charge in [-0.05, 0) is 81.0 Å². The molecule has 0 amide bonds. The van der Waals surface area contributed by atoms with Gasteiger partial charge in [-0.2, -0.15) is 22.0 Å². The van der Waals surface area contributed by atoms with Gasteiger partial charge in [-0.25, -0.2) is 0 Å². The third kappa shape index (κ3) is 3.03. The van der Waals surface area contributed by atoms with E-state index < -0.39 is 47.6 Å². The lowest BCUT2D eigenvalue weighted by Crippen LogP contribution is -2.80. The van der Waals surface area contributed by atoms with Gasteiger partial charge >= 0.3 is 23.9 Å². The molecule has 1 saturated heterocycles. The van der Waals surface area contributed by atoms with Gasteiger partial charge < -0.3 is 9.47 Å². The summed E-state index contributed by atoms with van der Waals surface area (Å²) in [4.78, 5) is 12.4. The van der Waals surface area contributed by atoms with Crippen LogP contribution in [0.5, 0.6) is 0 Å². The van der Waals surface area contributed by atoms with E-state index in [9.17, 15) is 18.0 Å². The number of esters is 1. The first-order valence-corrected chi connectivity index (χ1v) is 11.9. The molecule has 3 saturated carbocycles. The molecule has 9 heteroatoms. The van der Waals surface area contributed by atoms with Crippen LogP contribution in [0.15, 0.2) is 12.2 Å². The van der Waals surface area contributed by atoms with Gasteiger partial charge in [-0.1, -0.05) is 26.0 Å². The summed E-state index contributed by atoms with van der Waals surface area (Å²) in [7, 11) is 0. The van der Waals surface area contributed by atoms with Crippen molar-refractivity contribution in [3.63, 3.8) is 0 Å². The minimum atomic E-state index is -5.66. The molecular formula is C24H31F5O4. The Morgan fingerprint density at radius 2 is 1.73 bits per heavy atom. The van der Waals surface area contributed by atoms with Crippen molar-refractivity contribution >= 4 is 5.97 Å². The summed E-state index contributed by atoms with van der Waals surface area (Å²) in [5.41, 5.74) is -2.41. The molecule has 0 aromatic heterocycles. The van der Waals surface area contributed by atoms with Crippen LogP contribution < -0.4 is 0 Å². The molecule has 5 rings (SSSR count). The maximum atomic E-state index is 16.4.